The van der Waals surface area contributed by atoms with Crippen LogP contribution >= 0.6 is 27.7 Å². The van der Waals surface area contributed by atoms with E-state index in [1.807, 2.05) is 18.3 Å². The van der Waals surface area contributed by atoms with Gasteiger partial charge in [-0.2, -0.15) is 5.10 Å². The highest BCUT2D eigenvalue weighted by molar-refractivity contribution is 9.11. The summed E-state index contributed by atoms with van der Waals surface area (Å²) in [5.41, 5.74) is 13.9. The van der Waals surface area contributed by atoms with Crippen molar-refractivity contribution in [1.82, 2.24) is 15.1 Å². The molecule has 0 spiro atoms. The molecule has 1 aliphatic rings. The summed E-state index contributed by atoms with van der Waals surface area (Å²) in [4.78, 5) is 22.5. The van der Waals surface area contributed by atoms with Crippen LogP contribution in [0.5, 0.6) is 0 Å². The lowest BCUT2D eigenvalue weighted by molar-refractivity contribution is -0.122. The number of ether oxygens (including phenoxy) is 1. The van der Waals surface area contributed by atoms with Crippen LogP contribution in [0.4, 0.5) is 4.39 Å². The average molecular weight is 520 g/mol. The van der Waals surface area contributed by atoms with Gasteiger partial charge in [0.25, 0.3) is 5.91 Å². The molecule has 5 N–H and O–H groups in total. The number of nitrogens with one attached hydrogen (secondary N) is 1. The molecule has 1 aromatic heterocycles. The second-order valence-corrected chi connectivity index (χ2v) is 9.91. The normalized spacial score (nSPS) is 17.9. The van der Waals surface area contributed by atoms with Crippen LogP contribution in [0.15, 0.2) is 53.7 Å². The number of nitrogens with two attached hydrogens (primary N) is 2. The molecule has 0 aliphatic carbocycles. The van der Waals surface area contributed by atoms with Crippen LogP contribution in [0.25, 0.3) is 22.0 Å². The lowest BCUT2D eigenvalue weighted by Crippen LogP contribution is -2.33. The summed E-state index contributed by atoms with van der Waals surface area (Å²) >= 11 is 5.07. The third-order valence-electron chi connectivity index (χ3n) is 4.80. The SMILES string of the molecule is NC(=O)COCCn1cc2cc(C3(Br)NC(C(N)=O)=CS3)c(-c3ccc(F)cc3)cc2n1. The Bertz CT molecular complexity index is 1230. The fraction of sp³-hybridized carbons (Fsp3) is 0.190. The molecule has 8 nitrogen and oxygen atoms in total. The topological polar surface area (TPSA) is 125 Å². The van der Waals surface area contributed by atoms with Gasteiger partial charge in [-0.05, 0) is 51.3 Å². The van der Waals surface area contributed by atoms with E-state index >= 15 is 0 Å². The Balaban J connectivity index is 1.73. The van der Waals surface area contributed by atoms with Crippen molar-refractivity contribution in [1.29, 1.82) is 0 Å². The first kappa shape index (κ1) is 22.3. The van der Waals surface area contributed by atoms with Crippen molar-refractivity contribution < 1.29 is 18.7 Å². The van der Waals surface area contributed by atoms with Gasteiger partial charge in [0, 0.05) is 22.6 Å². The molecule has 0 fully saturated rings. The van der Waals surface area contributed by atoms with E-state index in [0.717, 1.165) is 27.6 Å². The fourth-order valence-corrected chi connectivity index (χ4v) is 5.07. The van der Waals surface area contributed by atoms with Crippen LogP contribution < -0.4 is 16.8 Å². The number of carbonyl (C=O) groups is 2. The largest absolute Gasteiger partial charge is 0.370 e. The van der Waals surface area contributed by atoms with Gasteiger partial charge in [0.2, 0.25) is 5.91 Å². The molecule has 0 saturated carbocycles. The molecule has 1 atom stereocenters. The zero-order valence-electron chi connectivity index (χ0n) is 16.7. The van der Waals surface area contributed by atoms with Crippen molar-refractivity contribution in [2.75, 3.05) is 13.2 Å². The molecule has 2 amide bonds. The van der Waals surface area contributed by atoms with Crippen molar-refractivity contribution in [2.45, 2.75) is 10.3 Å². The zero-order chi connectivity index (χ0) is 22.9. The van der Waals surface area contributed by atoms with Crippen LogP contribution in [0, 0.1) is 5.82 Å². The number of carbonyl (C=O) groups excluding carboxylic acids is 2. The number of primary amides is 2. The number of halogens is 2. The number of amides is 2. The summed E-state index contributed by atoms with van der Waals surface area (Å²) in [7, 11) is 0. The number of hydrogen-bond donors (Lipinski definition) is 3. The van der Waals surface area contributed by atoms with Crippen molar-refractivity contribution in [2.24, 2.45) is 11.5 Å². The minimum Gasteiger partial charge on any atom is -0.370 e. The molecule has 2 heterocycles. The molecule has 32 heavy (non-hydrogen) atoms. The van der Waals surface area contributed by atoms with Gasteiger partial charge in [0.15, 0.2) is 3.78 Å². The molecular weight excluding hydrogens is 501 g/mol. The lowest BCUT2D eigenvalue weighted by atomic mass is 9.97. The second-order valence-electron chi connectivity index (χ2n) is 7.11. The number of fused-ring (bicyclic) bond motifs is 1. The number of alkyl halides is 1. The zero-order valence-corrected chi connectivity index (χ0v) is 19.1. The third kappa shape index (κ3) is 4.64. The fourth-order valence-electron chi connectivity index (χ4n) is 3.33. The lowest BCUT2D eigenvalue weighted by Gasteiger charge is -2.26. The molecular formula is C21H19BrFN5O3S. The van der Waals surface area contributed by atoms with E-state index in [0.29, 0.717) is 12.2 Å². The average Bonchev–Trinajstić information content (AvgIpc) is 3.34. The van der Waals surface area contributed by atoms with Crippen LogP contribution in [0.2, 0.25) is 0 Å². The maximum atomic E-state index is 13.5. The summed E-state index contributed by atoms with van der Waals surface area (Å²) in [6, 6.07) is 10.0. The molecule has 0 radical (unpaired) electrons. The van der Waals surface area contributed by atoms with Gasteiger partial charge >= 0.3 is 0 Å². The van der Waals surface area contributed by atoms with E-state index in [9.17, 15) is 14.0 Å². The monoisotopic (exact) mass is 519 g/mol. The first-order valence-corrected chi connectivity index (χ1v) is 11.2. The molecule has 0 saturated heterocycles. The van der Waals surface area contributed by atoms with Crippen molar-refractivity contribution >= 4 is 50.4 Å². The minimum atomic E-state index is -0.845. The van der Waals surface area contributed by atoms with E-state index in [-0.39, 0.29) is 19.0 Å². The molecule has 4 rings (SSSR count). The Morgan fingerprint density at radius 2 is 2.00 bits per heavy atom. The Hall–Kier alpha value is -2.89. The predicted molar refractivity (Wildman–Crippen MR) is 124 cm³/mol. The maximum absolute atomic E-state index is 13.5. The first-order chi connectivity index (χ1) is 15.2. The van der Waals surface area contributed by atoms with Gasteiger partial charge in [-0.1, -0.05) is 23.9 Å². The number of benzene rings is 2. The van der Waals surface area contributed by atoms with Crippen LogP contribution in [0.3, 0.4) is 0 Å². The Morgan fingerprint density at radius 1 is 1.25 bits per heavy atom. The Morgan fingerprint density at radius 3 is 2.66 bits per heavy atom. The summed E-state index contributed by atoms with van der Waals surface area (Å²) in [6.07, 6.45) is 1.86. The summed E-state index contributed by atoms with van der Waals surface area (Å²) in [5.74, 6) is -1.43. The number of nitrogens with zero attached hydrogens (tertiary/aromatic N) is 2. The molecule has 11 heteroatoms. The Labute approximate surface area is 195 Å². The van der Waals surface area contributed by atoms with Crippen LogP contribution in [-0.2, 0) is 24.7 Å². The number of hydrogen-bond acceptors (Lipinski definition) is 6. The highest BCUT2D eigenvalue weighted by Crippen LogP contribution is 2.49. The van der Waals surface area contributed by atoms with E-state index < -0.39 is 15.6 Å². The molecule has 1 unspecified atom stereocenters. The molecule has 3 aromatic rings. The van der Waals surface area contributed by atoms with Gasteiger partial charge in [-0.25, -0.2) is 4.39 Å². The highest BCUT2D eigenvalue weighted by Gasteiger charge is 2.38. The Kier molecular flexibility index (Phi) is 6.22. The third-order valence-corrected chi connectivity index (χ3v) is 6.99. The van der Waals surface area contributed by atoms with Gasteiger partial charge in [-0.3, -0.25) is 14.3 Å². The predicted octanol–water partition coefficient (Wildman–Crippen LogP) is 2.51. The van der Waals surface area contributed by atoms with E-state index in [1.54, 1.807) is 22.2 Å². The van der Waals surface area contributed by atoms with Crippen LogP contribution in [-0.4, -0.2) is 34.8 Å². The van der Waals surface area contributed by atoms with Gasteiger partial charge in [-0.15, -0.1) is 0 Å². The number of aromatic nitrogens is 2. The van der Waals surface area contributed by atoms with E-state index in [4.69, 9.17) is 16.2 Å². The van der Waals surface area contributed by atoms with E-state index in [1.165, 1.54) is 23.9 Å². The van der Waals surface area contributed by atoms with Crippen molar-refractivity contribution in [3.05, 3.63) is 65.1 Å². The van der Waals surface area contributed by atoms with Crippen LogP contribution in [0.1, 0.15) is 5.56 Å². The molecule has 166 valence electrons. The van der Waals surface area contributed by atoms with Gasteiger partial charge in [0.1, 0.15) is 18.1 Å². The van der Waals surface area contributed by atoms with Crippen molar-refractivity contribution in [3.8, 4) is 11.1 Å². The quantitative estimate of drug-likeness (QED) is 0.238. The molecule has 2 aromatic carbocycles. The molecule has 1 aliphatic heterocycles. The second kappa shape index (κ2) is 8.93. The standard InChI is InChI=1S/C21H19BrFN5O3S/c22-21(26-18(11-32-21)20(25)30)16-7-13-9-28(5-6-31-10-19(24)29)27-17(13)8-15(16)12-1-3-14(23)4-2-12/h1-4,7-9,11,26H,5-6,10H2,(H2,24,29)(H2,25,30). The van der Waals surface area contributed by atoms with Gasteiger partial charge in [0.05, 0.1) is 18.7 Å². The molecule has 0 bridgehead atoms. The summed E-state index contributed by atoms with van der Waals surface area (Å²) in [6.45, 7) is 0.563. The van der Waals surface area contributed by atoms with Gasteiger partial charge < -0.3 is 21.5 Å². The minimum absolute atomic E-state index is 0.149. The number of rotatable bonds is 8. The first-order valence-electron chi connectivity index (χ1n) is 9.54. The van der Waals surface area contributed by atoms with Crippen molar-refractivity contribution in [3.63, 3.8) is 0 Å². The van der Waals surface area contributed by atoms with E-state index in [2.05, 4.69) is 26.3 Å². The summed E-state index contributed by atoms with van der Waals surface area (Å²) < 4.78 is 19.6. The smallest absolute Gasteiger partial charge is 0.265 e. The summed E-state index contributed by atoms with van der Waals surface area (Å²) in [5, 5.41) is 10.2. The number of thioether (sulfide) groups is 1. The maximum Gasteiger partial charge on any atom is 0.265 e. The highest BCUT2D eigenvalue weighted by atomic mass is 79.9.